The fourth-order valence-electron chi connectivity index (χ4n) is 2.07. The molecule has 0 saturated carbocycles. The van der Waals surface area contributed by atoms with E-state index in [0.717, 1.165) is 38.8 Å². The Balaban J connectivity index is 2.31. The summed E-state index contributed by atoms with van der Waals surface area (Å²) in [5.41, 5.74) is 0. The van der Waals surface area contributed by atoms with Crippen LogP contribution in [-0.2, 0) is 14.3 Å². The zero-order chi connectivity index (χ0) is 13.4. The van der Waals surface area contributed by atoms with Gasteiger partial charge in [0, 0.05) is 19.7 Å². The third kappa shape index (κ3) is 4.64. The third-order valence-electron chi connectivity index (χ3n) is 2.98. The second-order valence-electron chi connectivity index (χ2n) is 4.60. The van der Waals surface area contributed by atoms with E-state index in [2.05, 4.69) is 5.32 Å². The molecule has 1 unspecified atom stereocenters. The van der Waals surface area contributed by atoms with Gasteiger partial charge in [-0.2, -0.15) is 0 Å². The van der Waals surface area contributed by atoms with Crippen LogP contribution in [-0.4, -0.2) is 49.1 Å². The maximum Gasteiger partial charge on any atom is 0.249 e. The molecule has 0 bridgehead atoms. The molecule has 1 rings (SSSR count). The van der Waals surface area contributed by atoms with Crippen molar-refractivity contribution in [3.8, 4) is 0 Å². The molecule has 1 saturated heterocycles. The van der Waals surface area contributed by atoms with Crippen molar-refractivity contribution in [2.75, 3.05) is 26.2 Å². The molecule has 1 N–H and O–H groups in total. The minimum atomic E-state index is -0.358. The highest BCUT2D eigenvalue weighted by atomic mass is 16.5. The third-order valence-corrected chi connectivity index (χ3v) is 2.98. The average molecular weight is 256 g/mol. The fraction of sp³-hybridized carbons (Fsp3) is 0.846. The van der Waals surface area contributed by atoms with Gasteiger partial charge in [-0.3, -0.25) is 9.59 Å². The second kappa shape index (κ2) is 8.08. The van der Waals surface area contributed by atoms with Crippen LogP contribution in [0.25, 0.3) is 0 Å². The number of carbonyl (C=O) groups excluding carboxylic acids is 2. The molecule has 0 aromatic heterocycles. The standard InChI is InChI=1S/C13H24N2O3/c1-3-7-15(8-4-2)12(16)10-14-13(17)11-6-5-9-18-11/h11H,3-10H2,1-2H3,(H,14,17). The highest BCUT2D eigenvalue weighted by Crippen LogP contribution is 2.11. The van der Waals surface area contributed by atoms with Crippen molar-refractivity contribution in [2.45, 2.75) is 45.6 Å². The molecule has 0 radical (unpaired) electrons. The Morgan fingerprint density at radius 1 is 1.28 bits per heavy atom. The summed E-state index contributed by atoms with van der Waals surface area (Å²) in [6, 6.07) is 0. The molecule has 2 amide bonds. The summed E-state index contributed by atoms with van der Waals surface area (Å²) in [4.78, 5) is 25.4. The molecule has 0 aliphatic carbocycles. The number of nitrogens with one attached hydrogen (secondary N) is 1. The first-order chi connectivity index (χ1) is 8.69. The van der Waals surface area contributed by atoms with E-state index in [0.29, 0.717) is 6.61 Å². The lowest BCUT2D eigenvalue weighted by Crippen LogP contribution is -2.43. The first-order valence-electron chi connectivity index (χ1n) is 6.86. The van der Waals surface area contributed by atoms with Gasteiger partial charge in [0.2, 0.25) is 11.8 Å². The number of hydrogen-bond donors (Lipinski definition) is 1. The van der Waals surface area contributed by atoms with Crippen molar-refractivity contribution in [3.63, 3.8) is 0 Å². The smallest absolute Gasteiger partial charge is 0.249 e. The monoisotopic (exact) mass is 256 g/mol. The Bertz CT molecular complexity index is 269. The van der Waals surface area contributed by atoms with Crippen LogP contribution in [0.3, 0.4) is 0 Å². The number of amides is 2. The van der Waals surface area contributed by atoms with Gasteiger partial charge in [-0.15, -0.1) is 0 Å². The molecule has 18 heavy (non-hydrogen) atoms. The minimum Gasteiger partial charge on any atom is -0.368 e. The molecular weight excluding hydrogens is 232 g/mol. The predicted molar refractivity (Wildman–Crippen MR) is 69.1 cm³/mol. The average Bonchev–Trinajstić information content (AvgIpc) is 2.89. The van der Waals surface area contributed by atoms with Crippen LogP contribution in [0.4, 0.5) is 0 Å². The zero-order valence-corrected chi connectivity index (χ0v) is 11.4. The zero-order valence-electron chi connectivity index (χ0n) is 11.4. The lowest BCUT2D eigenvalue weighted by atomic mass is 10.2. The van der Waals surface area contributed by atoms with E-state index >= 15 is 0 Å². The Morgan fingerprint density at radius 2 is 1.94 bits per heavy atom. The van der Waals surface area contributed by atoms with Gasteiger partial charge < -0.3 is 15.0 Å². The maximum atomic E-state index is 11.9. The summed E-state index contributed by atoms with van der Waals surface area (Å²) in [6.07, 6.45) is 3.19. The molecular formula is C13H24N2O3. The molecule has 0 aromatic carbocycles. The van der Waals surface area contributed by atoms with Crippen molar-refractivity contribution in [1.82, 2.24) is 10.2 Å². The quantitative estimate of drug-likeness (QED) is 0.737. The first-order valence-corrected chi connectivity index (χ1v) is 6.86. The van der Waals surface area contributed by atoms with Gasteiger partial charge in [-0.05, 0) is 25.7 Å². The van der Waals surface area contributed by atoms with Gasteiger partial charge in [-0.1, -0.05) is 13.8 Å². The number of rotatable bonds is 7. The molecule has 1 fully saturated rings. The SMILES string of the molecule is CCCN(CCC)C(=O)CNC(=O)C1CCCO1. The Labute approximate surface area is 109 Å². The summed E-state index contributed by atoms with van der Waals surface area (Å²) in [5.74, 6) is -0.168. The van der Waals surface area contributed by atoms with Crippen LogP contribution in [0.15, 0.2) is 0 Å². The molecule has 1 aliphatic rings. The summed E-state index contributed by atoms with van der Waals surface area (Å²) < 4.78 is 5.27. The van der Waals surface area contributed by atoms with Gasteiger partial charge in [0.15, 0.2) is 0 Å². The van der Waals surface area contributed by atoms with Gasteiger partial charge in [0.1, 0.15) is 6.10 Å². The second-order valence-corrected chi connectivity index (χ2v) is 4.60. The van der Waals surface area contributed by atoms with Gasteiger partial charge in [-0.25, -0.2) is 0 Å². The van der Waals surface area contributed by atoms with Gasteiger partial charge >= 0.3 is 0 Å². The summed E-state index contributed by atoms with van der Waals surface area (Å²) >= 11 is 0. The van der Waals surface area contributed by atoms with Crippen LogP contribution in [0.1, 0.15) is 39.5 Å². The van der Waals surface area contributed by atoms with Crippen molar-refractivity contribution in [3.05, 3.63) is 0 Å². The molecule has 1 atom stereocenters. The molecule has 104 valence electrons. The first kappa shape index (κ1) is 15.0. The maximum absolute atomic E-state index is 11.9. The van der Waals surface area contributed by atoms with Crippen molar-refractivity contribution >= 4 is 11.8 Å². The fourth-order valence-corrected chi connectivity index (χ4v) is 2.07. The number of ether oxygens (including phenoxy) is 1. The van der Waals surface area contributed by atoms with Crippen molar-refractivity contribution < 1.29 is 14.3 Å². The lowest BCUT2D eigenvalue weighted by molar-refractivity contribution is -0.136. The van der Waals surface area contributed by atoms with E-state index in [1.807, 2.05) is 13.8 Å². The normalized spacial score (nSPS) is 18.7. The van der Waals surface area contributed by atoms with Gasteiger partial charge in [0.05, 0.1) is 6.54 Å². The molecule has 1 heterocycles. The van der Waals surface area contributed by atoms with Crippen LogP contribution in [0.5, 0.6) is 0 Å². The molecule has 5 heteroatoms. The number of carbonyl (C=O) groups is 2. The molecule has 0 spiro atoms. The Kier molecular flexibility index (Phi) is 6.72. The largest absolute Gasteiger partial charge is 0.368 e. The van der Waals surface area contributed by atoms with E-state index in [1.54, 1.807) is 4.90 Å². The highest BCUT2D eigenvalue weighted by Gasteiger charge is 2.24. The van der Waals surface area contributed by atoms with E-state index < -0.39 is 0 Å². The minimum absolute atomic E-state index is 0.00922. The van der Waals surface area contributed by atoms with Crippen molar-refractivity contribution in [1.29, 1.82) is 0 Å². The Hall–Kier alpha value is -1.10. The molecule has 5 nitrogen and oxygen atoms in total. The topological polar surface area (TPSA) is 58.6 Å². The van der Waals surface area contributed by atoms with Gasteiger partial charge in [0.25, 0.3) is 0 Å². The highest BCUT2D eigenvalue weighted by molar-refractivity contribution is 5.87. The molecule has 0 aromatic rings. The van der Waals surface area contributed by atoms with Crippen LogP contribution >= 0.6 is 0 Å². The Morgan fingerprint density at radius 3 is 2.44 bits per heavy atom. The van der Waals surface area contributed by atoms with E-state index in [4.69, 9.17) is 4.74 Å². The van der Waals surface area contributed by atoms with E-state index in [-0.39, 0.29) is 24.5 Å². The summed E-state index contributed by atoms with van der Waals surface area (Å²) in [7, 11) is 0. The van der Waals surface area contributed by atoms with Crippen LogP contribution in [0.2, 0.25) is 0 Å². The number of nitrogens with zero attached hydrogens (tertiary/aromatic N) is 1. The number of hydrogen-bond acceptors (Lipinski definition) is 3. The summed E-state index contributed by atoms with van der Waals surface area (Å²) in [6.45, 7) is 6.31. The van der Waals surface area contributed by atoms with E-state index in [1.165, 1.54) is 0 Å². The lowest BCUT2D eigenvalue weighted by Gasteiger charge is -2.22. The van der Waals surface area contributed by atoms with Crippen LogP contribution < -0.4 is 5.32 Å². The van der Waals surface area contributed by atoms with Crippen LogP contribution in [0, 0.1) is 0 Å². The predicted octanol–water partition coefficient (Wildman–Crippen LogP) is 0.930. The molecule has 1 aliphatic heterocycles. The summed E-state index contributed by atoms with van der Waals surface area (Å²) in [5, 5.41) is 2.67. The van der Waals surface area contributed by atoms with Crippen molar-refractivity contribution in [2.24, 2.45) is 0 Å². The van der Waals surface area contributed by atoms with E-state index in [9.17, 15) is 9.59 Å².